The Morgan fingerprint density at radius 1 is 0.817 bits per heavy atom. The van der Waals surface area contributed by atoms with Crippen LogP contribution in [0.1, 0.15) is 99.8 Å². The van der Waals surface area contributed by atoms with Crippen LogP contribution in [0.3, 0.4) is 0 Å². The first-order chi connectivity index (χ1) is 27.9. The molecule has 0 bridgehead atoms. The second kappa shape index (κ2) is 20.3. The second-order valence-corrected chi connectivity index (χ2v) is 32.7. The molecule has 13 heteroatoms. The van der Waals surface area contributed by atoms with E-state index in [2.05, 4.69) is 87.8 Å². The van der Waals surface area contributed by atoms with E-state index < -0.39 is 50.7 Å². The lowest BCUT2D eigenvalue weighted by atomic mass is 9.83. The van der Waals surface area contributed by atoms with Crippen molar-refractivity contribution in [2.24, 2.45) is 11.8 Å². The Bertz CT molecular complexity index is 1670. The minimum atomic E-state index is -3.68. The van der Waals surface area contributed by atoms with Gasteiger partial charge in [0, 0.05) is 32.3 Å². The number of hydrogen-bond acceptors (Lipinski definition) is 10. The summed E-state index contributed by atoms with van der Waals surface area (Å²) in [6.07, 6.45) is 4.23. The van der Waals surface area contributed by atoms with Crippen molar-refractivity contribution in [3.8, 4) is 0 Å². The van der Waals surface area contributed by atoms with Gasteiger partial charge in [-0.1, -0.05) is 79.8 Å². The molecule has 0 radical (unpaired) electrons. The molecular formula is C47H80O10SSi2. The molecule has 4 heterocycles. The molecule has 10 atom stereocenters. The fourth-order valence-electron chi connectivity index (χ4n) is 8.65. The highest BCUT2D eigenvalue weighted by molar-refractivity contribution is 7.91. The largest absolute Gasteiger partial charge is 0.414 e. The van der Waals surface area contributed by atoms with Gasteiger partial charge < -0.3 is 37.3 Å². The van der Waals surface area contributed by atoms with Gasteiger partial charge in [0.25, 0.3) is 0 Å². The van der Waals surface area contributed by atoms with Crippen LogP contribution >= 0.6 is 0 Å². The predicted octanol–water partition coefficient (Wildman–Crippen LogP) is 10.0. The van der Waals surface area contributed by atoms with E-state index in [1.165, 1.54) is 0 Å². The lowest BCUT2D eigenvalue weighted by Gasteiger charge is -2.42. The van der Waals surface area contributed by atoms with E-state index in [9.17, 15) is 8.42 Å². The van der Waals surface area contributed by atoms with E-state index in [0.717, 1.165) is 49.7 Å². The zero-order chi connectivity index (χ0) is 44.3. The van der Waals surface area contributed by atoms with E-state index in [0.29, 0.717) is 37.6 Å². The number of rotatable bonds is 19. The van der Waals surface area contributed by atoms with Crippen LogP contribution in [0.25, 0.3) is 0 Å². The Labute approximate surface area is 366 Å². The van der Waals surface area contributed by atoms with Crippen LogP contribution in [0.15, 0.2) is 59.5 Å². The lowest BCUT2D eigenvalue weighted by molar-refractivity contribution is -0.0791. The minimum absolute atomic E-state index is 0.000960. The van der Waals surface area contributed by atoms with Crippen LogP contribution in [0, 0.1) is 11.8 Å². The molecular weight excluding hydrogens is 813 g/mol. The zero-order valence-electron chi connectivity index (χ0n) is 39.1. The molecule has 1 aromatic carbocycles. The highest BCUT2D eigenvalue weighted by Crippen LogP contribution is 2.44. The Hall–Kier alpha value is -1.24. The standard InChI is InChI=1S/C47H80O10SSi2/c1-32-26-35(20-22-40-33(2)27-36(54-40)21-23-44-51-24-25-52-44)55-41(34(32)3)29-42-39(31-58(48,49)38-18-16-15-17-19-38)45(50-10)43(56-42)28-37(57-60(13,14)47(7,8)9)30-53-59(11,12)46(4,5)6/h15-19,32,35-37,39-45H,2-3,20-31H2,1,4-14H3/t32-,35-,36-,37?,39-,40-,41+,42-,43+,45-/m0/s1. The summed E-state index contributed by atoms with van der Waals surface area (Å²) < 4.78 is 80.3. The Kier molecular flexibility index (Phi) is 16.8. The van der Waals surface area contributed by atoms with Crippen molar-refractivity contribution in [3.05, 3.63) is 54.6 Å². The van der Waals surface area contributed by atoms with Crippen molar-refractivity contribution in [3.63, 3.8) is 0 Å². The topological polar surface area (TPSA) is 108 Å². The maximum Gasteiger partial charge on any atom is 0.192 e. The molecule has 0 N–H and O–H groups in total. The van der Waals surface area contributed by atoms with E-state index in [1.54, 1.807) is 31.4 Å². The van der Waals surface area contributed by atoms with Crippen molar-refractivity contribution in [2.45, 2.75) is 196 Å². The molecule has 60 heavy (non-hydrogen) atoms. The average molecular weight is 893 g/mol. The summed E-state index contributed by atoms with van der Waals surface area (Å²) in [5, 5.41) is 0.0203. The first-order valence-corrected chi connectivity index (χ1v) is 30.1. The first kappa shape index (κ1) is 49.8. The van der Waals surface area contributed by atoms with E-state index in [4.69, 9.17) is 37.3 Å². The molecule has 1 aromatic rings. The fraction of sp³-hybridized carbons (Fsp3) is 0.787. The van der Waals surface area contributed by atoms with Crippen LogP contribution in [-0.4, -0.2) is 113 Å². The van der Waals surface area contributed by atoms with Gasteiger partial charge in [0.1, 0.15) is 0 Å². The summed E-state index contributed by atoms with van der Waals surface area (Å²) in [5.74, 6) is -0.318. The third-order valence-electron chi connectivity index (χ3n) is 14.5. The minimum Gasteiger partial charge on any atom is -0.414 e. The summed E-state index contributed by atoms with van der Waals surface area (Å²) >= 11 is 0. The predicted molar refractivity (Wildman–Crippen MR) is 244 cm³/mol. The fourth-order valence-corrected chi connectivity index (χ4v) is 12.7. The molecule has 10 nitrogen and oxygen atoms in total. The van der Waals surface area contributed by atoms with Gasteiger partial charge in [-0.15, -0.1) is 0 Å². The summed E-state index contributed by atoms with van der Waals surface area (Å²) in [7, 11) is -6.36. The van der Waals surface area contributed by atoms with Crippen molar-refractivity contribution in [2.75, 3.05) is 32.7 Å². The third kappa shape index (κ3) is 12.7. The number of hydrogen-bond donors (Lipinski definition) is 0. The van der Waals surface area contributed by atoms with E-state index in [1.807, 2.05) is 6.07 Å². The van der Waals surface area contributed by atoms with Crippen LogP contribution in [0.5, 0.6) is 0 Å². The smallest absolute Gasteiger partial charge is 0.192 e. The maximum absolute atomic E-state index is 14.1. The molecule has 0 aliphatic carbocycles. The van der Waals surface area contributed by atoms with E-state index in [-0.39, 0.29) is 58.6 Å². The zero-order valence-corrected chi connectivity index (χ0v) is 41.9. The summed E-state index contributed by atoms with van der Waals surface area (Å²) in [4.78, 5) is 0.300. The van der Waals surface area contributed by atoms with Crippen LogP contribution in [0.4, 0.5) is 0 Å². The Balaban J connectivity index is 1.34. The monoisotopic (exact) mass is 893 g/mol. The summed E-state index contributed by atoms with van der Waals surface area (Å²) in [5.41, 5.74) is 2.17. The highest BCUT2D eigenvalue weighted by atomic mass is 32.2. The van der Waals surface area contributed by atoms with Crippen LogP contribution in [-0.2, 0) is 47.1 Å². The number of ether oxygens (including phenoxy) is 6. The Morgan fingerprint density at radius 3 is 2.05 bits per heavy atom. The summed E-state index contributed by atoms with van der Waals surface area (Å²) in [6, 6.07) is 8.71. The number of methoxy groups -OCH3 is 1. The normalized spacial score (nSPS) is 30.7. The van der Waals surface area contributed by atoms with Gasteiger partial charge in [0.15, 0.2) is 32.8 Å². The molecule has 4 fully saturated rings. The third-order valence-corrected chi connectivity index (χ3v) is 25.4. The molecule has 0 aromatic heterocycles. The van der Waals surface area contributed by atoms with Crippen LogP contribution in [0.2, 0.25) is 36.3 Å². The molecule has 1 unspecified atom stereocenters. The average Bonchev–Trinajstić information content (AvgIpc) is 3.89. The molecule has 4 aliphatic heterocycles. The molecule has 0 saturated carbocycles. The van der Waals surface area contributed by atoms with Crippen molar-refractivity contribution >= 4 is 26.5 Å². The SMILES string of the molecule is C=C1C[C@H](CCC2OCCO2)O[C@H]1CC[C@H]1C[C@H](C)C(=C)[C@@H](C[C@@H]2O[C@H](CC(CO[Si](C)(C)C(C)(C)C)O[Si](C)(C)C(C)(C)C)[C@@H](OC)[C@H]2CS(=O)(=O)c2ccccc2)O1. The van der Waals surface area contributed by atoms with Crippen molar-refractivity contribution in [1.82, 2.24) is 0 Å². The molecule has 342 valence electrons. The van der Waals surface area contributed by atoms with Gasteiger partial charge in [-0.05, 0) is 97.6 Å². The van der Waals surface area contributed by atoms with E-state index >= 15 is 0 Å². The van der Waals surface area contributed by atoms with Crippen LogP contribution < -0.4 is 0 Å². The maximum atomic E-state index is 14.1. The van der Waals surface area contributed by atoms with Gasteiger partial charge in [-0.25, -0.2) is 8.42 Å². The quantitative estimate of drug-likeness (QED) is 0.0984. The lowest BCUT2D eigenvalue weighted by Crippen LogP contribution is -2.49. The number of sulfone groups is 1. The Morgan fingerprint density at radius 2 is 1.43 bits per heavy atom. The number of benzene rings is 1. The molecule has 4 saturated heterocycles. The molecule has 0 amide bonds. The van der Waals surface area contributed by atoms with Gasteiger partial charge in [-0.2, -0.15) is 0 Å². The second-order valence-electron chi connectivity index (χ2n) is 21.1. The molecule has 0 spiro atoms. The van der Waals surface area contributed by atoms with Gasteiger partial charge >= 0.3 is 0 Å². The van der Waals surface area contributed by atoms with Crippen molar-refractivity contribution < 1.29 is 45.7 Å². The first-order valence-electron chi connectivity index (χ1n) is 22.6. The van der Waals surface area contributed by atoms with Gasteiger partial charge in [0.2, 0.25) is 0 Å². The molecule has 5 rings (SSSR count). The summed E-state index contributed by atoms with van der Waals surface area (Å²) in [6.45, 7) is 35.5. The highest BCUT2D eigenvalue weighted by Gasteiger charge is 2.50. The van der Waals surface area contributed by atoms with Crippen molar-refractivity contribution in [1.29, 1.82) is 0 Å². The van der Waals surface area contributed by atoms with Gasteiger partial charge in [-0.3, -0.25) is 0 Å². The molecule has 4 aliphatic rings. The van der Waals surface area contributed by atoms with Gasteiger partial charge in [0.05, 0.1) is 79.3 Å².